The van der Waals surface area contributed by atoms with Crippen LogP contribution in [0.2, 0.25) is 0 Å². The summed E-state index contributed by atoms with van der Waals surface area (Å²) in [5, 5.41) is 11.1. The van der Waals surface area contributed by atoms with Crippen molar-refractivity contribution in [2.24, 2.45) is 0 Å². The first kappa shape index (κ1) is 15.8. The summed E-state index contributed by atoms with van der Waals surface area (Å²) in [6.07, 6.45) is -4.39. The predicted octanol–water partition coefficient (Wildman–Crippen LogP) is 3.60. The topological polar surface area (TPSA) is 54.9 Å². The first-order chi connectivity index (χ1) is 9.84. The number of hydrogen-bond donors (Lipinski definition) is 1. The highest BCUT2D eigenvalue weighted by molar-refractivity contribution is 8.00. The van der Waals surface area contributed by atoms with E-state index in [0.29, 0.717) is 10.0 Å². The fraction of sp³-hybridized carbons (Fsp3) is 0.250. The molecule has 0 bridgehead atoms. The zero-order valence-electron chi connectivity index (χ0n) is 10.8. The highest BCUT2D eigenvalue weighted by Crippen LogP contribution is 2.31. The molecule has 2 aromatic rings. The van der Waals surface area contributed by atoms with Crippen molar-refractivity contribution in [2.75, 3.05) is 11.1 Å². The smallest absolute Gasteiger partial charge is 0.300 e. The average molecular weight is 333 g/mol. The molecule has 4 nitrogen and oxygen atoms in total. The molecule has 0 fully saturated rings. The van der Waals surface area contributed by atoms with Crippen molar-refractivity contribution in [1.82, 2.24) is 10.2 Å². The first-order valence-electron chi connectivity index (χ1n) is 5.74. The van der Waals surface area contributed by atoms with Crippen molar-refractivity contribution in [1.29, 1.82) is 0 Å². The molecule has 0 saturated carbocycles. The molecule has 0 atom stereocenters. The van der Waals surface area contributed by atoms with Gasteiger partial charge in [-0.15, -0.1) is 22.0 Å². The minimum atomic E-state index is -4.39. The third kappa shape index (κ3) is 4.71. The quantitative estimate of drug-likeness (QED) is 0.869. The number of aromatic nitrogens is 2. The summed E-state index contributed by atoms with van der Waals surface area (Å²) in [4.78, 5) is 12.0. The largest absolute Gasteiger partial charge is 0.416 e. The second kappa shape index (κ2) is 6.44. The number of rotatable bonds is 4. The van der Waals surface area contributed by atoms with Crippen molar-refractivity contribution in [2.45, 2.75) is 18.0 Å². The van der Waals surface area contributed by atoms with Crippen LogP contribution < -0.4 is 5.32 Å². The Morgan fingerprint density at radius 1 is 1.38 bits per heavy atom. The van der Waals surface area contributed by atoms with Gasteiger partial charge in [-0.3, -0.25) is 10.1 Å². The molecule has 1 aromatic heterocycles. The molecule has 0 aliphatic rings. The Hall–Kier alpha value is -1.61. The molecule has 1 amide bonds. The third-order valence-corrected chi connectivity index (χ3v) is 4.05. The van der Waals surface area contributed by atoms with Crippen LogP contribution in [0.15, 0.2) is 29.2 Å². The number of benzene rings is 1. The van der Waals surface area contributed by atoms with Crippen molar-refractivity contribution in [3.05, 3.63) is 34.8 Å². The Bertz CT molecular complexity index is 643. The van der Waals surface area contributed by atoms with E-state index in [9.17, 15) is 18.0 Å². The van der Waals surface area contributed by atoms with Crippen LogP contribution in [0.4, 0.5) is 18.3 Å². The molecule has 2 rings (SSSR count). The second-order valence-electron chi connectivity index (χ2n) is 3.99. The number of carbonyl (C=O) groups is 1. The number of amides is 1. The summed E-state index contributed by atoms with van der Waals surface area (Å²) in [5.74, 6) is -0.339. The van der Waals surface area contributed by atoms with Crippen molar-refractivity contribution in [3.63, 3.8) is 0 Å². The van der Waals surface area contributed by atoms with Gasteiger partial charge in [-0.1, -0.05) is 17.4 Å². The lowest BCUT2D eigenvalue weighted by Crippen LogP contribution is -2.13. The number of alkyl halides is 3. The van der Waals surface area contributed by atoms with Crippen molar-refractivity contribution >= 4 is 34.1 Å². The lowest BCUT2D eigenvalue weighted by atomic mass is 10.2. The van der Waals surface area contributed by atoms with Gasteiger partial charge in [-0.25, -0.2) is 0 Å². The lowest BCUT2D eigenvalue weighted by molar-refractivity contribution is -0.137. The van der Waals surface area contributed by atoms with Gasteiger partial charge >= 0.3 is 6.18 Å². The number of halogens is 3. The van der Waals surface area contributed by atoms with E-state index in [1.165, 1.54) is 23.5 Å². The molecule has 1 heterocycles. The Balaban J connectivity index is 1.92. The number of carbonyl (C=O) groups excluding carboxylic acids is 1. The van der Waals surface area contributed by atoms with Crippen LogP contribution >= 0.6 is 23.1 Å². The van der Waals surface area contributed by atoms with Crippen LogP contribution in [0.1, 0.15) is 10.6 Å². The average Bonchev–Trinajstić information content (AvgIpc) is 2.81. The van der Waals surface area contributed by atoms with Crippen LogP contribution in [0.5, 0.6) is 0 Å². The number of hydrogen-bond acceptors (Lipinski definition) is 5. The fourth-order valence-corrected chi connectivity index (χ4v) is 2.78. The standard InChI is InChI=1S/C12H10F3N3OS2/c1-7-17-18-11(21-7)16-10(19)6-20-9-4-2-3-8(5-9)12(13,14)15/h2-5H,6H2,1H3,(H,16,18,19). The highest BCUT2D eigenvalue weighted by atomic mass is 32.2. The molecule has 1 N–H and O–H groups in total. The van der Waals surface area contributed by atoms with Crippen molar-refractivity contribution < 1.29 is 18.0 Å². The third-order valence-electron chi connectivity index (χ3n) is 2.30. The maximum Gasteiger partial charge on any atom is 0.416 e. The summed E-state index contributed by atoms with van der Waals surface area (Å²) < 4.78 is 37.7. The molecule has 0 radical (unpaired) electrons. The minimum Gasteiger partial charge on any atom is -0.300 e. The number of nitrogens with one attached hydrogen (secondary N) is 1. The summed E-state index contributed by atoms with van der Waals surface area (Å²) in [6.45, 7) is 1.75. The normalized spacial score (nSPS) is 11.4. The van der Waals surface area contributed by atoms with E-state index in [-0.39, 0.29) is 11.7 Å². The molecule has 9 heteroatoms. The Morgan fingerprint density at radius 3 is 2.76 bits per heavy atom. The lowest BCUT2D eigenvalue weighted by Gasteiger charge is -2.08. The van der Waals surface area contributed by atoms with Gasteiger partial charge in [-0.05, 0) is 25.1 Å². The van der Waals surface area contributed by atoms with Crippen LogP contribution in [0.25, 0.3) is 0 Å². The predicted molar refractivity (Wildman–Crippen MR) is 75.4 cm³/mol. The Labute approximate surface area is 126 Å². The number of nitrogens with zero attached hydrogens (tertiary/aromatic N) is 2. The van der Waals surface area contributed by atoms with Crippen LogP contribution in [-0.2, 0) is 11.0 Å². The highest BCUT2D eigenvalue weighted by Gasteiger charge is 2.30. The van der Waals surface area contributed by atoms with Gasteiger partial charge < -0.3 is 0 Å². The van der Waals surface area contributed by atoms with Gasteiger partial charge in [0.25, 0.3) is 0 Å². The summed E-state index contributed by atoms with van der Waals surface area (Å²) in [7, 11) is 0. The Kier molecular flexibility index (Phi) is 4.84. The summed E-state index contributed by atoms with van der Waals surface area (Å²) >= 11 is 2.26. The summed E-state index contributed by atoms with van der Waals surface area (Å²) in [6, 6.07) is 4.86. The van der Waals surface area contributed by atoms with Gasteiger partial charge in [0.15, 0.2) is 0 Å². The van der Waals surface area contributed by atoms with E-state index >= 15 is 0 Å². The molecular weight excluding hydrogens is 323 g/mol. The zero-order valence-corrected chi connectivity index (χ0v) is 12.4. The van der Waals surface area contributed by atoms with E-state index in [2.05, 4.69) is 15.5 Å². The molecule has 0 spiro atoms. The van der Waals surface area contributed by atoms with Gasteiger partial charge in [-0.2, -0.15) is 13.2 Å². The molecule has 0 aliphatic heterocycles. The maximum absolute atomic E-state index is 12.6. The second-order valence-corrected chi connectivity index (χ2v) is 6.22. The molecule has 0 saturated heterocycles. The van der Waals surface area contributed by atoms with Gasteiger partial charge in [0.2, 0.25) is 11.0 Å². The number of thioether (sulfide) groups is 1. The SMILES string of the molecule is Cc1nnc(NC(=O)CSc2cccc(C(F)(F)F)c2)s1. The fourth-order valence-electron chi connectivity index (χ4n) is 1.41. The van der Waals surface area contributed by atoms with E-state index < -0.39 is 11.7 Å². The van der Waals surface area contributed by atoms with Gasteiger partial charge in [0.05, 0.1) is 11.3 Å². The zero-order chi connectivity index (χ0) is 15.5. The minimum absolute atomic E-state index is 0.0000614. The summed E-state index contributed by atoms with van der Waals surface area (Å²) in [5.41, 5.74) is -0.729. The number of anilines is 1. The molecule has 1 aromatic carbocycles. The van der Waals surface area contributed by atoms with Crippen LogP contribution in [0.3, 0.4) is 0 Å². The molecule has 21 heavy (non-hydrogen) atoms. The number of aryl methyl sites for hydroxylation is 1. The molecular formula is C12H10F3N3OS2. The van der Waals surface area contributed by atoms with E-state index in [1.807, 2.05) is 0 Å². The van der Waals surface area contributed by atoms with Gasteiger partial charge in [0, 0.05) is 4.90 Å². The molecule has 0 unspecified atom stereocenters. The van der Waals surface area contributed by atoms with E-state index in [0.717, 1.165) is 28.9 Å². The van der Waals surface area contributed by atoms with Crippen molar-refractivity contribution in [3.8, 4) is 0 Å². The first-order valence-corrected chi connectivity index (χ1v) is 7.55. The monoisotopic (exact) mass is 333 g/mol. The van der Waals surface area contributed by atoms with Crippen LogP contribution in [0, 0.1) is 6.92 Å². The Morgan fingerprint density at radius 2 is 2.14 bits per heavy atom. The van der Waals surface area contributed by atoms with Crippen LogP contribution in [-0.4, -0.2) is 21.9 Å². The maximum atomic E-state index is 12.6. The van der Waals surface area contributed by atoms with Gasteiger partial charge in [0.1, 0.15) is 5.01 Å². The molecule has 112 valence electrons. The van der Waals surface area contributed by atoms with E-state index in [4.69, 9.17) is 0 Å². The van der Waals surface area contributed by atoms with E-state index in [1.54, 1.807) is 6.92 Å². The molecule has 0 aliphatic carbocycles.